The van der Waals surface area contributed by atoms with Gasteiger partial charge in [-0.3, -0.25) is 0 Å². The van der Waals surface area contributed by atoms with E-state index in [9.17, 15) is 0 Å². The SMILES string of the molecule is COc1cc2nc(-c3ccc(Cl)cc3)nc(Nc3cc(C(C)(C)C)[se]c3N)c2cc1OC. The van der Waals surface area contributed by atoms with Gasteiger partial charge in [-0.25, -0.2) is 0 Å². The Kier molecular flexibility index (Phi) is 6.08. The topological polar surface area (TPSA) is 82.3 Å². The molecule has 166 valence electrons. The molecule has 0 amide bonds. The molecule has 0 aliphatic rings. The Balaban J connectivity index is 1.90. The first kappa shape index (κ1) is 22.5. The number of anilines is 3. The molecule has 0 bridgehead atoms. The molecule has 0 unspecified atom stereocenters. The van der Waals surface area contributed by atoms with Gasteiger partial charge in [0.1, 0.15) is 0 Å². The fourth-order valence-corrected chi connectivity index (χ4v) is 5.38. The molecule has 0 spiro atoms. The molecule has 0 saturated carbocycles. The Hall–Kier alpha value is -2.73. The molecule has 0 saturated heterocycles. The van der Waals surface area contributed by atoms with Crippen LogP contribution in [0.2, 0.25) is 5.02 Å². The van der Waals surface area contributed by atoms with Crippen LogP contribution in [0.4, 0.5) is 16.1 Å². The summed E-state index contributed by atoms with van der Waals surface area (Å²) in [7, 11) is 3.22. The predicted molar refractivity (Wildman–Crippen MR) is 133 cm³/mol. The van der Waals surface area contributed by atoms with E-state index < -0.39 is 0 Å². The van der Waals surface area contributed by atoms with Crippen LogP contribution in [0, 0.1) is 0 Å². The molecule has 2 heterocycles. The zero-order chi connectivity index (χ0) is 23.0. The zero-order valence-corrected chi connectivity index (χ0v) is 21.1. The second kappa shape index (κ2) is 8.66. The fourth-order valence-electron chi connectivity index (χ4n) is 3.28. The van der Waals surface area contributed by atoms with E-state index in [2.05, 4.69) is 32.2 Å². The van der Waals surface area contributed by atoms with Crippen LogP contribution in [-0.2, 0) is 5.41 Å². The van der Waals surface area contributed by atoms with Gasteiger partial charge in [0.05, 0.1) is 0 Å². The van der Waals surface area contributed by atoms with E-state index in [0.29, 0.717) is 28.2 Å². The molecule has 2 aromatic carbocycles. The number of nitrogens with one attached hydrogen (secondary N) is 1. The second-order valence-corrected chi connectivity index (χ2v) is 11.1. The molecule has 2 aromatic heterocycles. The average molecular weight is 516 g/mol. The Morgan fingerprint density at radius 2 is 1.62 bits per heavy atom. The van der Waals surface area contributed by atoms with Crippen LogP contribution in [0.15, 0.2) is 42.5 Å². The van der Waals surface area contributed by atoms with Gasteiger partial charge in [0.2, 0.25) is 0 Å². The minimum atomic E-state index is 0.0623. The first-order valence-electron chi connectivity index (χ1n) is 10.1. The van der Waals surface area contributed by atoms with Crippen LogP contribution < -0.4 is 20.5 Å². The van der Waals surface area contributed by atoms with Gasteiger partial charge in [0.25, 0.3) is 0 Å². The maximum atomic E-state index is 6.42. The summed E-state index contributed by atoms with van der Waals surface area (Å²) >= 11 is 6.17. The fraction of sp³-hybridized carbons (Fsp3) is 0.250. The monoisotopic (exact) mass is 516 g/mol. The van der Waals surface area contributed by atoms with Gasteiger partial charge in [-0.05, 0) is 0 Å². The third-order valence-corrected chi connectivity index (χ3v) is 8.22. The van der Waals surface area contributed by atoms with Gasteiger partial charge in [-0.15, -0.1) is 0 Å². The van der Waals surface area contributed by atoms with Crippen LogP contribution >= 0.6 is 11.6 Å². The average Bonchev–Trinajstić information content (AvgIpc) is 3.14. The van der Waals surface area contributed by atoms with Crippen molar-refractivity contribution in [1.29, 1.82) is 0 Å². The van der Waals surface area contributed by atoms with Crippen LogP contribution in [0.25, 0.3) is 22.3 Å². The Morgan fingerprint density at radius 1 is 0.969 bits per heavy atom. The number of methoxy groups -OCH3 is 2. The number of fused-ring (bicyclic) bond motifs is 1. The molecule has 0 fully saturated rings. The molecule has 32 heavy (non-hydrogen) atoms. The van der Waals surface area contributed by atoms with E-state index in [0.717, 1.165) is 26.7 Å². The minimum absolute atomic E-state index is 0.0623. The molecule has 0 aliphatic heterocycles. The van der Waals surface area contributed by atoms with Crippen molar-refractivity contribution < 1.29 is 9.47 Å². The van der Waals surface area contributed by atoms with Gasteiger partial charge in [0.15, 0.2) is 0 Å². The number of nitrogen functional groups attached to an aromatic ring is 1. The van der Waals surface area contributed by atoms with Crippen LogP contribution in [0.3, 0.4) is 0 Å². The first-order valence-corrected chi connectivity index (χ1v) is 12.1. The molecule has 4 rings (SSSR count). The van der Waals surface area contributed by atoms with Gasteiger partial charge < -0.3 is 0 Å². The van der Waals surface area contributed by atoms with Crippen molar-refractivity contribution in [1.82, 2.24) is 9.97 Å². The molecular formula is C24H25ClN4O2Se. The molecule has 6 nitrogen and oxygen atoms in total. The molecule has 0 radical (unpaired) electrons. The van der Waals surface area contributed by atoms with Gasteiger partial charge in [0, 0.05) is 0 Å². The van der Waals surface area contributed by atoms with Gasteiger partial charge in [-0.1, -0.05) is 0 Å². The van der Waals surface area contributed by atoms with Crippen molar-refractivity contribution in [2.75, 3.05) is 25.3 Å². The third kappa shape index (κ3) is 4.42. The van der Waals surface area contributed by atoms with E-state index in [1.165, 1.54) is 4.44 Å². The number of hydrogen-bond donors (Lipinski definition) is 2. The van der Waals surface area contributed by atoms with Crippen molar-refractivity contribution in [2.45, 2.75) is 26.2 Å². The summed E-state index contributed by atoms with van der Waals surface area (Å²) in [5.41, 5.74) is 8.95. The summed E-state index contributed by atoms with van der Waals surface area (Å²) in [4.78, 5) is 9.62. The van der Waals surface area contributed by atoms with E-state index in [1.807, 2.05) is 36.4 Å². The molecule has 8 heteroatoms. The van der Waals surface area contributed by atoms with Crippen molar-refractivity contribution in [2.24, 2.45) is 0 Å². The summed E-state index contributed by atoms with van der Waals surface area (Å²) in [6, 6.07) is 13.3. The maximum absolute atomic E-state index is 6.42. The number of aromatic nitrogens is 2. The van der Waals surface area contributed by atoms with E-state index in [1.54, 1.807) is 14.2 Å². The van der Waals surface area contributed by atoms with Gasteiger partial charge in [-0.2, -0.15) is 0 Å². The molecule has 4 aromatic rings. The van der Waals surface area contributed by atoms with E-state index >= 15 is 0 Å². The Bertz CT molecular complexity index is 1280. The normalized spacial score (nSPS) is 11.6. The standard InChI is InChI=1S/C24H25ClN4O2Se/c1-24(2,3)20-12-17(21(26)32-20)28-23-15-10-18(30-4)19(31-5)11-16(15)27-22(29-23)13-6-8-14(25)9-7-13/h6-12H,26H2,1-5H3,(H,27,28,29). The predicted octanol–water partition coefficient (Wildman–Crippen LogP) is 5.65. The van der Waals surface area contributed by atoms with E-state index in [4.69, 9.17) is 36.8 Å². The summed E-state index contributed by atoms with van der Waals surface area (Å²) in [5, 5.41) is 4.93. The quantitative estimate of drug-likeness (QED) is 0.334. The number of halogens is 1. The number of hydrogen-bond acceptors (Lipinski definition) is 6. The van der Waals surface area contributed by atoms with Crippen LogP contribution in [-0.4, -0.2) is 38.7 Å². The summed E-state index contributed by atoms with van der Waals surface area (Å²) < 4.78 is 13.2. The van der Waals surface area contributed by atoms with E-state index in [-0.39, 0.29) is 19.9 Å². The number of ether oxygens (including phenoxy) is 2. The van der Waals surface area contributed by atoms with Gasteiger partial charge >= 0.3 is 199 Å². The number of nitrogens with zero attached hydrogens (tertiary/aromatic N) is 2. The van der Waals surface area contributed by atoms with Crippen LogP contribution in [0.1, 0.15) is 25.2 Å². The molecule has 0 aliphatic carbocycles. The summed E-state index contributed by atoms with van der Waals surface area (Å²) in [5.74, 6) is 2.44. The van der Waals surface area contributed by atoms with Crippen molar-refractivity contribution >= 4 is 53.1 Å². The molecular weight excluding hydrogens is 491 g/mol. The van der Waals surface area contributed by atoms with Crippen molar-refractivity contribution in [3.8, 4) is 22.9 Å². The number of nitrogens with two attached hydrogens (primary N) is 1. The van der Waals surface area contributed by atoms with Crippen molar-refractivity contribution in [3.05, 3.63) is 51.9 Å². The Morgan fingerprint density at radius 3 is 2.22 bits per heavy atom. The summed E-state index contributed by atoms with van der Waals surface area (Å²) in [6.07, 6.45) is 0. The first-order chi connectivity index (χ1) is 15.2. The number of rotatable bonds is 5. The van der Waals surface area contributed by atoms with Crippen molar-refractivity contribution in [3.63, 3.8) is 0 Å². The second-order valence-electron chi connectivity index (χ2n) is 8.39. The molecule has 3 N–H and O–H groups in total. The zero-order valence-electron chi connectivity index (χ0n) is 18.6. The summed E-state index contributed by atoms with van der Waals surface area (Å²) in [6.45, 7) is 6.60. The Labute approximate surface area is 198 Å². The molecule has 0 atom stereocenters. The number of benzene rings is 2. The van der Waals surface area contributed by atoms with Crippen LogP contribution in [0.5, 0.6) is 11.5 Å². The third-order valence-electron chi connectivity index (χ3n) is 5.06.